The quantitative estimate of drug-likeness (QED) is 0.436. The van der Waals surface area contributed by atoms with E-state index in [0.29, 0.717) is 5.56 Å². The number of amides is 1. The maximum absolute atomic E-state index is 12.8. The number of hydrogen-bond donors (Lipinski definition) is 1. The third-order valence-corrected chi connectivity index (χ3v) is 5.05. The summed E-state index contributed by atoms with van der Waals surface area (Å²) in [5.41, 5.74) is 4.10. The van der Waals surface area contributed by atoms with Crippen LogP contribution in [0.5, 0.6) is 0 Å². The van der Waals surface area contributed by atoms with Crippen LogP contribution in [0.1, 0.15) is 5.56 Å². The van der Waals surface area contributed by atoms with Crippen LogP contribution in [0.4, 0.5) is 4.39 Å². The zero-order chi connectivity index (χ0) is 16.1. The highest BCUT2D eigenvalue weighted by Gasteiger charge is 2.06. The summed E-state index contributed by atoms with van der Waals surface area (Å²) in [5, 5.41) is 3.85. The van der Waals surface area contributed by atoms with E-state index in [1.165, 1.54) is 30.1 Å². The molecule has 0 saturated heterocycles. The second kappa shape index (κ2) is 7.34. The molecule has 3 rings (SSSR count). The van der Waals surface area contributed by atoms with E-state index in [9.17, 15) is 9.18 Å². The monoisotopic (exact) mass is 345 g/mol. The number of carbonyl (C=O) groups excluding carboxylic acids is 1. The number of benzene rings is 2. The molecule has 23 heavy (non-hydrogen) atoms. The van der Waals surface area contributed by atoms with Gasteiger partial charge in [-0.3, -0.25) is 4.79 Å². The minimum atomic E-state index is -0.307. The van der Waals surface area contributed by atoms with Crippen molar-refractivity contribution in [1.29, 1.82) is 0 Å². The molecule has 1 amide bonds. The van der Waals surface area contributed by atoms with Gasteiger partial charge in [-0.15, -0.1) is 11.3 Å². The van der Waals surface area contributed by atoms with Crippen molar-refractivity contribution >= 4 is 45.4 Å². The molecule has 4 nitrogen and oxygen atoms in total. The number of thioether (sulfide) groups is 1. The summed E-state index contributed by atoms with van der Waals surface area (Å²) in [6, 6.07) is 13.7. The Morgan fingerprint density at radius 3 is 2.83 bits per heavy atom. The number of halogens is 1. The van der Waals surface area contributed by atoms with Crippen LogP contribution in [-0.2, 0) is 4.79 Å². The van der Waals surface area contributed by atoms with Crippen LogP contribution < -0.4 is 5.43 Å². The van der Waals surface area contributed by atoms with Gasteiger partial charge in [0.15, 0.2) is 4.34 Å². The maximum Gasteiger partial charge on any atom is 0.250 e. The van der Waals surface area contributed by atoms with E-state index in [-0.39, 0.29) is 17.5 Å². The van der Waals surface area contributed by atoms with Crippen molar-refractivity contribution in [1.82, 2.24) is 10.4 Å². The number of carbonyl (C=O) groups is 1. The Bertz CT molecular complexity index is 813. The van der Waals surface area contributed by atoms with E-state index < -0.39 is 0 Å². The van der Waals surface area contributed by atoms with E-state index in [1.54, 1.807) is 23.5 Å². The summed E-state index contributed by atoms with van der Waals surface area (Å²) in [5.74, 6) is -0.286. The highest BCUT2D eigenvalue weighted by molar-refractivity contribution is 8.01. The first-order chi connectivity index (χ1) is 11.2. The molecule has 1 aromatic heterocycles. The Morgan fingerprint density at radius 1 is 1.26 bits per heavy atom. The molecule has 2 aromatic carbocycles. The normalized spacial score (nSPS) is 11.2. The standard InChI is InChI=1S/C16H12FN3OS2/c17-12-7-5-11(6-8-12)9-18-20-15(21)10-22-16-19-13-3-1-2-4-14(13)23-16/h1-9H,10H2,(H,20,21)/b18-9-. The summed E-state index contributed by atoms with van der Waals surface area (Å²) in [6.45, 7) is 0. The molecule has 0 saturated carbocycles. The number of aromatic nitrogens is 1. The minimum absolute atomic E-state index is 0.215. The molecule has 0 atom stereocenters. The Kier molecular flexibility index (Phi) is 4.99. The second-order valence-corrected chi connectivity index (χ2v) is 6.83. The lowest BCUT2D eigenvalue weighted by molar-refractivity contribution is -0.118. The molecule has 0 radical (unpaired) electrons. The molecule has 7 heteroatoms. The molecule has 0 bridgehead atoms. The number of fused-ring (bicyclic) bond motifs is 1. The Morgan fingerprint density at radius 2 is 2.04 bits per heavy atom. The van der Waals surface area contributed by atoms with Crippen molar-refractivity contribution in [3.63, 3.8) is 0 Å². The van der Waals surface area contributed by atoms with Crippen LogP contribution in [0, 0.1) is 5.82 Å². The number of hydrazone groups is 1. The predicted molar refractivity (Wildman–Crippen MR) is 92.5 cm³/mol. The molecular formula is C16H12FN3OS2. The van der Waals surface area contributed by atoms with E-state index in [1.807, 2.05) is 24.3 Å². The number of para-hydroxylation sites is 1. The molecule has 1 heterocycles. The molecule has 1 N–H and O–H groups in total. The molecule has 0 spiro atoms. The molecule has 3 aromatic rings. The van der Waals surface area contributed by atoms with Crippen molar-refractivity contribution in [3.05, 3.63) is 59.9 Å². The first-order valence-corrected chi connectivity index (χ1v) is 8.57. The van der Waals surface area contributed by atoms with Gasteiger partial charge < -0.3 is 0 Å². The van der Waals surface area contributed by atoms with Crippen LogP contribution in [-0.4, -0.2) is 22.9 Å². The lowest BCUT2D eigenvalue weighted by Crippen LogP contribution is -2.19. The van der Waals surface area contributed by atoms with Crippen molar-refractivity contribution in [2.24, 2.45) is 5.10 Å². The van der Waals surface area contributed by atoms with Gasteiger partial charge in [-0.05, 0) is 29.8 Å². The van der Waals surface area contributed by atoms with Gasteiger partial charge in [0, 0.05) is 0 Å². The number of rotatable bonds is 5. The zero-order valence-corrected chi connectivity index (χ0v) is 13.5. The summed E-state index contributed by atoms with van der Waals surface area (Å²) in [4.78, 5) is 16.2. The molecule has 0 aliphatic carbocycles. The Balaban J connectivity index is 1.50. The Hall–Kier alpha value is -2.25. The maximum atomic E-state index is 12.8. The van der Waals surface area contributed by atoms with Crippen molar-refractivity contribution in [2.45, 2.75) is 4.34 Å². The van der Waals surface area contributed by atoms with Gasteiger partial charge in [0.1, 0.15) is 5.82 Å². The smallest absolute Gasteiger partial charge is 0.250 e. The molecule has 0 fully saturated rings. The van der Waals surface area contributed by atoms with E-state index in [4.69, 9.17) is 0 Å². The van der Waals surface area contributed by atoms with Gasteiger partial charge in [0.2, 0.25) is 0 Å². The van der Waals surface area contributed by atoms with E-state index in [0.717, 1.165) is 14.6 Å². The lowest BCUT2D eigenvalue weighted by Gasteiger charge is -1.97. The van der Waals surface area contributed by atoms with E-state index >= 15 is 0 Å². The van der Waals surface area contributed by atoms with Gasteiger partial charge in [0.25, 0.3) is 5.91 Å². The van der Waals surface area contributed by atoms with Crippen molar-refractivity contribution in [2.75, 3.05) is 5.75 Å². The Labute approximate surface area is 140 Å². The molecule has 116 valence electrons. The topological polar surface area (TPSA) is 54.4 Å². The highest BCUT2D eigenvalue weighted by Crippen LogP contribution is 2.28. The number of nitrogens with zero attached hydrogens (tertiary/aromatic N) is 2. The average Bonchev–Trinajstić information content (AvgIpc) is 2.98. The van der Waals surface area contributed by atoms with Crippen LogP contribution in [0.2, 0.25) is 0 Å². The van der Waals surface area contributed by atoms with Gasteiger partial charge in [-0.2, -0.15) is 5.10 Å². The first-order valence-electron chi connectivity index (χ1n) is 6.76. The van der Waals surface area contributed by atoms with Crippen LogP contribution in [0.25, 0.3) is 10.2 Å². The van der Waals surface area contributed by atoms with Crippen molar-refractivity contribution < 1.29 is 9.18 Å². The van der Waals surface area contributed by atoms with Crippen LogP contribution in [0.3, 0.4) is 0 Å². The SMILES string of the molecule is O=C(CSc1nc2ccccc2s1)N/N=C\c1ccc(F)cc1. The second-order valence-electron chi connectivity index (χ2n) is 4.58. The van der Waals surface area contributed by atoms with Gasteiger partial charge >= 0.3 is 0 Å². The van der Waals surface area contributed by atoms with Crippen LogP contribution >= 0.6 is 23.1 Å². The minimum Gasteiger partial charge on any atom is -0.272 e. The summed E-state index contributed by atoms with van der Waals surface area (Å²) in [6.07, 6.45) is 1.47. The summed E-state index contributed by atoms with van der Waals surface area (Å²) < 4.78 is 14.7. The lowest BCUT2D eigenvalue weighted by atomic mass is 10.2. The number of nitrogens with one attached hydrogen (secondary N) is 1. The molecule has 0 aliphatic rings. The summed E-state index contributed by atoms with van der Waals surface area (Å²) in [7, 11) is 0. The molecule has 0 unspecified atom stereocenters. The third-order valence-electron chi connectivity index (χ3n) is 2.87. The fraction of sp³-hybridized carbons (Fsp3) is 0.0625. The summed E-state index contributed by atoms with van der Waals surface area (Å²) >= 11 is 2.93. The highest BCUT2D eigenvalue weighted by atomic mass is 32.2. The number of hydrogen-bond acceptors (Lipinski definition) is 5. The van der Waals surface area contributed by atoms with Gasteiger partial charge in [0.05, 0.1) is 22.2 Å². The number of thiazole rings is 1. The fourth-order valence-electron chi connectivity index (χ4n) is 1.80. The van der Waals surface area contributed by atoms with Crippen LogP contribution in [0.15, 0.2) is 58.0 Å². The fourth-order valence-corrected chi connectivity index (χ4v) is 3.66. The average molecular weight is 345 g/mol. The van der Waals surface area contributed by atoms with Gasteiger partial charge in [-0.1, -0.05) is 36.0 Å². The third kappa shape index (κ3) is 4.37. The zero-order valence-electron chi connectivity index (χ0n) is 11.9. The van der Waals surface area contributed by atoms with E-state index in [2.05, 4.69) is 15.5 Å². The van der Waals surface area contributed by atoms with Crippen molar-refractivity contribution in [3.8, 4) is 0 Å². The first kappa shape index (κ1) is 15.6. The van der Waals surface area contributed by atoms with Gasteiger partial charge in [-0.25, -0.2) is 14.8 Å². The molecular weight excluding hydrogens is 333 g/mol. The predicted octanol–water partition coefficient (Wildman–Crippen LogP) is 3.68. The molecule has 0 aliphatic heterocycles. The largest absolute Gasteiger partial charge is 0.272 e.